The van der Waals surface area contributed by atoms with Crippen molar-refractivity contribution in [2.24, 2.45) is 0 Å². The molecule has 1 aromatic carbocycles. The summed E-state index contributed by atoms with van der Waals surface area (Å²) in [6.45, 7) is 1.49. The number of anilines is 1. The number of nitrogens with zero attached hydrogens (tertiary/aromatic N) is 1. The van der Waals surface area contributed by atoms with E-state index in [0.29, 0.717) is 0 Å². The lowest BCUT2D eigenvalue weighted by atomic mass is 10.3. The van der Waals surface area contributed by atoms with Gasteiger partial charge in [-0.05, 0) is 12.1 Å². The largest absolute Gasteiger partial charge is 0.326 e. The van der Waals surface area contributed by atoms with Crippen LogP contribution in [0.15, 0.2) is 30.3 Å². The highest BCUT2D eigenvalue weighted by molar-refractivity contribution is 5.88. The second kappa shape index (κ2) is 4.46. The molecule has 0 aliphatic heterocycles. The van der Waals surface area contributed by atoms with Gasteiger partial charge in [-0.3, -0.25) is 4.79 Å². The maximum atomic E-state index is 10.5. The lowest BCUT2D eigenvalue weighted by Gasteiger charge is -1.98. The van der Waals surface area contributed by atoms with Gasteiger partial charge in [0.2, 0.25) is 5.91 Å². The number of benzene rings is 1. The van der Waals surface area contributed by atoms with Gasteiger partial charge in [0.1, 0.15) is 0 Å². The number of carbonyl (C=O) groups is 1. The molecular formula is C8H9N2O. The molecule has 0 bridgehead atoms. The fourth-order valence-corrected chi connectivity index (χ4v) is 0.725. The van der Waals surface area contributed by atoms with Crippen molar-refractivity contribution < 1.29 is 4.79 Å². The Balaban J connectivity index is 0.000001000. The Morgan fingerprint density at radius 3 is 2.27 bits per heavy atom. The second-order valence-electron chi connectivity index (χ2n) is 2.05. The zero-order valence-electron chi connectivity index (χ0n) is 6.24. The molecule has 1 amide bonds. The van der Waals surface area contributed by atoms with Crippen LogP contribution < -0.4 is 11.5 Å². The Hall–Kier alpha value is -1.35. The normalized spacial score (nSPS) is 8.09. The molecule has 0 aliphatic rings. The van der Waals surface area contributed by atoms with E-state index in [4.69, 9.17) is 0 Å². The van der Waals surface area contributed by atoms with Crippen molar-refractivity contribution in [3.8, 4) is 0 Å². The summed E-state index contributed by atoms with van der Waals surface area (Å²) in [4.78, 5) is 10.5. The number of carbonyl (C=O) groups excluding carboxylic acids is 1. The van der Waals surface area contributed by atoms with Gasteiger partial charge in [0.15, 0.2) is 0 Å². The molecule has 0 aliphatic carbocycles. The summed E-state index contributed by atoms with van der Waals surface area (Å²) in [5.74, 6) is -0.0359. The lowest BCUT2D eigenvalue weighted by Crippen LogP contribution is -2.04. The highest BCUT2D eigenvalue weighted by atomic mass is 16.1. The van der Waals surface area contributed by atoms with Crippen LogP contribution in [0.25, 0.3) is 0 Å². The molecule has 1 N–H and O–H groups in total. The molecule has 3 heteroatoms. The third-order valence-electron chi connectivity index (χ3n) is 1.09. The predicted octanol–water partition coefficient (Wildman–Crippen LogP) is 1.16. The molecule has 0 unspecified atom stereocenters. The number of amides is 1. The number of para-hydroxylation sites is 1. The van der Waals surface area contributed by atoms with Gasteiger partial charge >= 0.3 is 0 Å². The number of hydrogen-bond acceptors (Lipinski definition) is 1. The fourth-order valence-electron chi connectivity index (χ4n) is 0.725. The summed E-state index contributed by atoms with van der Waals surface area (Å²) >= 11 is 0. The minimum absolute atomic E-state index is 0. The average Bonchev–Trinajstić information content (AvgIpc) is 1.88. The van der Waals surface area contributed by atoms with E-state index in [1.165, 1.54) is 6.92 Å². The van der Waals surface area contributed by atoms with Crippen molar-refractivity contribution in [2.75, 3.05) is 5.32 Å². The van der Waals surface area contributed by atoms with Crippen LogP contribution in [-0.2, 0) is 4.79 Å². The smallest absolute Gasteiger partial charge is 0.221 e. The van der Waals surface area contributed by atoms with Crippen molar-refractivity contribution in [2.45, 2.75) is 6.92 Å². The van der Waals surface area contributed by atoms with E-state index in [1.807, 2.05) is 30.3 Å². The summed E-state index contributed by atoms with van der Waals surface area (Å²) in [5.41, 5.74) is 0.843. The van der Waals surface area contributed by atoms with Gasteiger partial charge in [0.05, 0.1) is 0 Å². The molecule has 11 heavy (non-hydrogen) atoms. The highest BCUT2D eigenvalue weighted by Crippen LogP contribution is 2.03. The maximum Gasteiger partial charge on any atom is 0.221 e. The molecule has 3 radical (unpaired) electrons. The van der Waals surface area contributed by atoms with Crippen LogP contribution in [0.1, 0.15) is 6.92 Å². The van der Waals surface area contributed by atoms with Crippen molar-refractivity contribution in [3.05, 3.63) is 30.3 Å². The fraction of sp³-hybridized carbons (Fsp3) is 0.125. The summed E-state index contributed by atoms with van der Waals surface area (Å²) in [6.07, 6.45) is 0. The van der Waals surface area contributed by atoms with Gasteiger partial charge in [-0.2, -0.15) is 0 Å². The molecule has 3 nitrogen and oxygen atoms in total. The van der Waals surface area contributed by atoms with Gasteiger partial charge < -0.3 is 5.32 Å². The molecule has 0 saturated heterocycles. The van der Waals surface area contributed by atoms with Crippen LogP contribution in [0.3, 0.4) is 0 Å². The Morgan fingerprint density at radius 2 is 1.82 bits per heavy atom. The molecule has 0 heterocycles. The second-order valence-corrected chi connectivity index (χ2v) is 2.05. The molecule has 1 rings (SSSR count). The van der Waals surface area contributed by atoms with Crippen molar-refractivity contribution >= 4 is 11.6 Å². The van der Waals surface area contributed by atoms with E-state index in [1.54, 1.807) is 0 Å². The molecule has 1 aromatic rings. The van der Waals surface area contributed by atoms with Crippen LogP contribution in [0.2, 0.25) is 0 Å². The Bertz CT molecular complexity index is 221. The van der Waals surface area contributed by atoms with E-state index in [2.05, 4.69) is 5.32 Å². The SMILES string of the molecule is CC(=O)Nc1ccccc1.[N]. The zero-order valence-corrected chi connectivity index (χ0v) is 6.24. The first-order chi connectivity index (χ1) is 4.79. The van der Waals surface area contributed by atoms with Gasteiger partial charge in [-0.25, -0.2) is 0 Å². The van der Waals surface area contributed by atoms with Crippen LogP contribution >= 0.6 is 0 Å². The zero-order chi connectivity index (χ0) is 7.40. The average molecular weight is 149 g/mol. The van der Waals surface area contributed by atoms with Gasteiger partial charge in [0, 0.05) is 18.8 Å². The molecule has 0 spiro atoms. The van der Waals surface area contributed by atoms with Gasteiger partial charge in [-0.1, -0.05) is 18.2 Å². The Labute approximate surface area is 66.0 Å². The lowest BCUT2D eigenvalue weighted by molar-refractivity contribution is -0.114. The topological polar surface area (TPSA) is 59.6 Å². The van der Waals surface area contributed by atoms with E-state index in [9.17, 15) is 4.79 Å². The summed E-state index contributed by atoms with van der Waals surface area (Å²) < 4.78 is 0. The van der Waals surface area contributed by atoms with Crippen molar-refractivity contribution in [1.29, 1.82) is 0 Å². The third-order valence-corrected chi connectivity index (χ3v) is 1.09. The summed E-state index contributed by atoms with van der Waals surface area (Å²) in [7, 11) is 0. The van der Waals surface area contributed by atoms with Crippen molar-refractivity contribution in [1.82, 2.24) is 6.15 Å². The highest BCUT2D eigenvalue weighted by Gasteiger charge is 1.90. The van der Waals surface area contributed by atoms with Gasteiger partial charge in [-0.15, -0.1) is 0 Å². The number of hydrogen-bond donors (Lipinski definition) is 1. The first-order valence-corrected chi connectivity index (χ1v) is 3.11. The number of rotatable bonds is 1. The minimum atomic E-state index is -0.0359. The first-order valence-electron chi connectivity index (χ1n) is 3.11. The molecule has 57 valence electrons. The molecule has 0 fully saturated rings. The summed E-state index contributed by atoms with van der Waals surface area (Å²) in [6, 6.07) is 9.37. The summed E-state index contributed by atoms with van der Waals surface area (Å²) in [5, 5.41) is 2.67. The third kappa shape index (κ3) is 3.37. The molecule has 0 aromatic heterocycles. The van der Waals surface area contributed by atoms with Crippen LogP contribution in [0.5, 0.6) is 0 Å². The molecular weight excluding hydrogens is 140 g/mol. The van der Waals surface area contributed by atoms with Crippen LogP contribution in [-0.4, -0.2) is 5.91 Å². The van der Waals surface area contributed by atoms with E-state index in [0.717, 1.165) is 5.69 Å². The van der Waals surface area contributed by atoms with Gasteiger partial charge in [0.25, 0.3) is 0 Å². The first kappa shape index (κ1) is 9.65. The quantitative estimate of drug-likeness (QED) is 0.640. The Morgan fingerprint density at radius 1 is 1.27 bits per heavy atom. The minimum Gasteiger partial charge on any atom is -0.326 e. The maximum absolute atomic E-state index is 10.5. The molecule has 0 atom stereocenters. The monoisotopic (exact) mass is 149 g/mol. The number of nitrogens with one attached hydrogen (secondary N) is 1. The molecule has 0 saturated carbocycles. The van der Waals surface area contributed by atoms with Crippen molar-refractivity contribution in [3.63, 3.8) is 0 Å². The van der Waals surface area contributed by atoms with E-state index in [-0.39, 0.29) is 12.1 Å². The van der Waals surface area contributed by atoms with E-state index < -0.39 is 0 Å². The predicted molar refractivity (Wildman–Crippen MR) is 42.9 cm³/mol. The Kier molecular flexibility index (Phi) is 3.92. The van der Waals surface area contributed by atoms with Crippen LogP contribution in [0, 0.1) is 0 Å². The standard InChI is InChI=1S/C8H9NO.N/c1-7(10)9-8-5-3-2-4-6-8;/h2-6H,1H3,(H,9,10);. The van der Waals surface area contributed by atoms with Crippen LogP contribution in [0.4, 0.5) is 5.69 Å². The van der Waals surface area contributed by atoms with E-state index >= 15 is 0 Å².